The highest BCUT2D eigenvalue weighted by atomic mass is 79.9. The first-order valence-corrected chi connectivity index (χ1v) is 11.9. The molecule has 1 aromatic heterocycles. The highest BCUT2D eigenvalue weighted by Gasteiger charge is 2.17. The summed E-state index contributed by atoms with van der Waals surface area (Å²) in [6.45, 7) is 0.572. The van der Waals surface area contributed by atoms with Gasteiger partial charge in [-0.3, -0.25) is 4.79 Å². The van der Waals surface area contributed by atoms with Crippen LogP contribution in [0.15, 0.2) is 106 Å². The number of nitrogens with zero attached hydrogens (tertiary/aromatic N) is 3. The Morgan fingerprint density at radius 3 is 2.38 bits per heavy atom. The molecule has 0 spiro atoms. The zero-order chi connectivity index (χ0) is 23.5. The zero-order valence-corrected chi connectivity index (χ0v) is 19.9. The molecule has 0 aliphatic heterocycles. The summed E-state index contributed by atoms with van der Waals surface area (Å²) in [6.07, 6.45) is 0.893. The summed E-state index contributed by atoms with van der Waals surface area (Å²) in [5.74, 6) is -0.351. The molecule has 0 atom stereocenters. The summed E-state index contributed by atoms with van der Waals surface area (Å²) in [7, 11) is 0. The summed E-state index contributed by atoms with van der Waals surface area (Å²) in [5.41, 5.74) is 3.24. The summed E-state index contributed by atoms with van der Waals surface area (Å²) < 4.78 is 2.79. The van der Waals surface area contributed by atoms with Crippen molar-refractivity contribution >= 4 is 49.2 Å². The molecule has 0 fully saturated rings. The maximum absolute atomic E-state index is 12.4. The Kier molecular flexibility index (Phi) is 6.23. The van der Waals surface area contributed by atoms with E-state index < -0.39 is 0 Å². The molecule has 5 nitrogen and oxygen atoms in total. The SMILES string of the molecule is O=C(Cc1ccc(Br)cc1)N=Nc1c(O)n(CCc2cccc3ccccc23)c2ccccc12. The molecule has 5 aromatic rings. The Balaban J connectivity index is 1.41. The van der Waals surface area contributed by atoms with E-state index in [0.717, 1.165) is 27.4 Å². The van der Waals surface area contributed by atoms with E-state index in [9.17, 15) is 9.90 Å². The lowest BCUT2D eigenvalue weighted by Gasteiger charge is -2.09. The van der Waals surface area contributed by atoms with Crippen molar-refractivity contribution in [3.8, 4) is 5.88 Å². The van der Waals surface area contributed by atoms with Gasteiger partial charge in [-0.15, -0.1) is 10.2 Å². The van der Waals surface area contributed by atoms with Gasteiger partial charge in [0.2, 0.25) is 5.88 Å². The molecule has 1 heterocycles. The summed E-state index contributed by atoms with van der Waals surface area (Å²) >= 11 is 3.39. The number of carbonyl (C=O) groups is 1. The molecule has 0 aliphatic rings. The second-order valence-electron chi connectivity index (χ2n) is 8.13. The number of azo groups is 1. The average molecular weight is 512 g/mol. The van der Waals surface area contributed by atoms with Gasteiger partial charge in [0.05, 0.1) is 11.9 Å². The van der Waals surface area contributed by atoms with Crippen molar-refractivity contribution < 1.29 is 9.90 Å². The fourth-order valence-electron chi connectivity index (χ4n) is 4.26. The molecule has 0 unspecified atom stereocenters. The van der Waals surface area contributed by atoms with Gasteiger partial charge in [0.25, 0.3) is 5.91 Å². The number of amides is 1. The lowest BCUT2D eigenvalue weighted by atomic mass is 10.0. The zero-order valence-electron chi connectivity index (χ0n) is 18.4. The first-order valence-electron chi connectivity index (χ1n) is 11.1. The minimum Gasteiger partial charge on any atom is -0.493 e. The number of aryl methyl sites for hydroxylation is 2. The molecule has 168 valence electrons. The molecule has 6 heteroatoms. The molecular weight excluding hydrogens is 490 g/mol. The van der Waals surface area contributed by atoms with Gasteiger partial charge in [0, 0.05) is 16.4 Å². The largest absolute Gasteiger partial charge is 0.493 e. The Hall–Kier alpha value is -3.77. The van der Waals surface area contributed by atoms with Gasteiger partial charge >= 0.3 is 0 Å². The number of hydrogen-bond donors (Lipinski definition) is 1. The van der Waals surface area contributed by atoms with Gasteiger partial charge in [-0.1, -0.05) is 88.7 Å². The lowest BCUT2D eigenvalue weighted by Crippen LogP contribution is -2.01. The van der Waals surface area contributed by atoms with Gasteiger partial charge in [-0.05, 0) is 46.5 Å². The predicted molar refractivity (Wildman–Crippen MR) is 139 cm³/mol. The number of fused-ring (bicyclic) bond motifs is 2. The van der Waals surface area contributed by atoms with Crippen molar-refractivity contribution in [1.29, 1.82) is 0 Å². The molecule has 0 aliphatic carbocycles. The third kappa shape index (κ3) is 4.50. The van der Waals surface area contributed by atoms with E-state index >= 15 is 0 Å². The quantitative estimate of drug-likeness (QED) is 0.242. The molecule has 0 bridgehead atoms. The number of para-hydroxylation sites is 1. The second-order valence-corrected chi connectivity index (χ2v) is 9.04. The smallest absolute Gasteiger partial charge is 0.269 e. The van der Waals surface area contributed by atoms with Crippen LogP contribution in [0.2, 0.25) is 0 Å². The number of aromatic nitrogens is 1. The van der Waals surface area contributed by atoms with Gasteiger partial charge < -0.3 is 9.67 Å². The molecule has 1 N–H and O–H groups in total. The van der Waals surface area contributed by atoms with Crippen molar-refractivity contribution in [2.24, 2.45) is 10.2 Å². The van der Waals surface area contributed by atoms with E-state index in [-0.39, 0.29) is 18.2 Å². The van der Waals surface area contributed by atoms with Crippen LogP contribution in [0, 0.1) is 0 Å². The van der Waals surface area contributed by atoms with Crippen LogP contribution in [-0.4, -0.2) is 15.6 Å². The van der Waals surface area contributed by atoms with Crippen LogP contribution in [0.25, 0.3) is 21.7 Å². The second kappa shape index (κ2) is 9.61. The monoisotopic (exact) mass is 511 g/mol. The van der Waals surface area contributed by atoms with E-state index in [4.69, 9.17) is 0 Å². The topological polar surface area (TPSA) is 66.9 Å². The van der Waals surface area contributed by atoms with E-state index in [1.165, 1.54) is 16.3 Å². The Labute approximate surface area is 205 Å². The maximum atomic E-state index is 12.4. The standard InChI is InChI=1S/C28H22BrN3O2/c29-22-14-12-19(13-15-22)18-26(33)30-31-27-24-10-3-4-11-25(24)32(28(27)34)17-16-21-8-5-7-20-6-1-2-9-23(20)21/h1-15,34H,16-18H2. The fourth-order valence-corrected chi connectivity index (χ4v) is 4.52. The summed E-state index contributed by atoms with van der Waals surface area (Å²) in [6, 6.07) is 29.7. The molecule has 4 aromatic carbocycles. The van der Waals surface area contributed by atoms with Crippen molar-refractivity contribution in [1.82, 2.24) is 4.57 Å². The van der Waals surface area contributed by atoms with Gasteiger partial charge in [0.1, 0.15) is 0 Å². The average Bonchev–Trinajstić information content (AvgIpc) is 3.13. The van der Waals surface area contributed by atoms with Crippen LogP contribution < -0.4 is 0 Å². The number of rotatable bonds is 6. The molecule has 5 rings (SSSR count). The lowest BCUT2D eigenvalue weighted by molar-refractivity contribution is -0.117. The van der Waals surface area contributed by atoms with Gasteiger partial charge in [0.15, 0.2) is 5.69 Å². The highest BCUT2D eigenvalue weighted by Crippen LogP contribution is 2.39. The number of aromatic hydroxyl groups is 1. The van der Waals surface area contributed by atoms with Crippen LogP contribution in [-0.2, 0) is 24.2 Å². The Morgan fingerprint density at radius 1 is 0.853 bits per heavy atom. The van der Waals surface area contributed by atoms with Gasteiger partial charge in [-0.25, -0.2) is 0 Å². The molecule has 34 heavy (non-hydrogen) atoms. The first kappa shape index (κ1) is 22.0. The van der Waals surface area contributed by atoms with Crippen molar-refractivity contribution in [3.63, 3.8) is 0 Å². The van der Waals surface area contributed by atoms with E-state index in [1.54, 1.807) is 0 Å². The third-order valence-electron chi connectivity index (χ3n) is 5.93. The highest BCUT2D eigenvalue weighted by molar-refractivity contribution is 9.10. The van der Waals surface area contributed by atoms with Crippen molar-refractivity contribution in [2.75, 3.05) is 0 Å². The molecule has 0 radical (unpaired) electrons. The van der Waals surface area contributed by atoms with E-state index in [0.29, 0.717) is 12.2 Å². The van der Waals surface area contributed by atoms with Crippen LogP contribution in [0.1, 0.15) is 11.1 Å². The number of carbonyl (C=O) groups excluding carboxylic acids is 1. The van der Waals surface area contributed by atoms with Crippen LogP contribution >= 0.6 is 15.9 Å². The molecule has 1 amide bonds. The van der Waals surface area contributed by atoms with Crippen LogP contribution in [0.5, 0.6) is 5.88 Å². The van der Waals surface area contributed by atoms with E-state index in [2.05, 4.69) is 56.5 Å². The van der Waals surface area contributed by atoms with Crippen molar-refractivity contribution in [2.45, 2.75) is 19.4 Å². The summed E-state index contributed by atoms with van der Waals surface area (Å²) in [4.78, 5) is 12.4. The first-order chi connectivity index (χ1) is 16.6. The van der Waals surface area contributed by atoms with Crippen molar-refractivity contribution in [3.05, 3.63) is 107 Å². The maximum Gasteiger partial charge on any atom is 0.269 e. The van der Waals surface area contributed by atoms with Crippen LogP contribution in [0.3, 0.4) is 0 Å². The minimum atomic E-state index is -0.366. The third-order valence-corrected chi connectivity index (χ3v) is 6.46. The molecular formula is C28H22BrN3O2. The number of benzene rings is 4. The van der Waals surface area contributed by atoms with E-state index in [1.807, 2.05) is 65.2 Å². The Bertz CT molecular complexity index is 1520. The fraction of sp³-hybridized carbons (Fsp3) is 0.107. The number of hydrogen-bond acceptors (Lipinski definition) is 3. The normalized spacial score (nSPS) is 11.6. The summed E-state index contributed by atoms with van der Waals surface area (Å²) in [5, 5.41) is 22.3. The van der Waals surface area contributed by atoms with Crippen LogP contribution in [0.4, 0.5) is 5.69 Å². The predicted octanol–water partition coefficient (Wildman–Crippen LogP) is 7.36. The Morgan fingerprint density at radius 2 is 1.56 bits per heavy atom. The molecule has 0 saturated carbocycles. The minimum absolute atomic E-state index is 0.0154. The number of halogens is 1. The molecule has 0 saturated heterocycles. The van der Waals surface area contributed by atoms with Gasteiger partial charge in [-0.2, -0.15) is 0 Å².